The molecule has 0 bridgehead atoms. The van der Waals surface area contributed by atoms with Crippen molar-refractivity contribution in [1.82, 2.24) is 5.32 Å². The molecular formula is C12H15F3N. The quantitative estimate of drug-likeness (QED) is 0.745. The molecule has 1 aromatic carbocycles. The summed E-state index contributed by atoms with van der Waals surface area (Å²) in [5.74, 6) is 0.377. The summed E-state index contributed by atoms with van der Waals surface area (Å²) in [6.07, 6.45) is -4.28. The number of benzene rings is 1. The molecule has 0 amide bonds. The van der Waals surface area contributed by atoms with E-state index in [0.717, 1.165) is 12.1 Å². The summed E-state index contributed by atoms with van der Waals surface area (Å²) < 4.78 is 36.8. The van der Waals surface area contributed by atoms with Gasteiger partial charge in [0.15, 0.2) is 0 Å². The Balaban J connectivity index is 2.72. The summed E-state index contributed by atoms with van der Waals surface area (Å²) in [7, 11) is 0. The van der Waals surface area contributed by atoms with E-state index in [-0.39, 0.29) is 6.04 Å². The van der Waals surface area contributed by atoms with Crippen molar-refractivity contribution in [3.05, 3.63) is 29.8 Å². The number of rotatable bonds is 3. The SMILES string of the molecule is CC(C)C(C)[N]c1ccc(C(F)(F)F)cc1. The Morgan fingerprint density at radius 1 is 1.00 bits per heavy atom. The lowest BCUT2D eigenvalue weighted by Gasteiger charge is -2.16. The minimum atomic E-state index is -4.28. The third-order valence-corrected chi connectivity index (χ3v) is 2.51. The van der Waals surface area contributed by atoms with Crippen molar-refractivity contribution >= 4 is 5.69 Å². The third-order valence-electron chi connectivity index (χ3n) is 2.51. The summed E-state index contributed by atoms with van der Waals surface area (Å²) in [4.78, 5) is 0. The van der Waals surface area contributed by atoms with Crippen LogP contribution < -0.4 is 5.32 Å². The molecule has 0 aliphatic carbocycles. The first-order valence-electron chi connectivity index (χ1n) is 5.19. The van der Waals surface area contributed by atoms with Gasteiger partial charge in [-0.25, -0.2) is 0 Å². The predicted octanol–water partition coefficient (Wildman–Crippen LogP) is 3.99. The van der Waals surface area contributed by atoms with Crippen LogP contribution in [0.3, 0.4) is 0 Å². The summed E-state index contributed by atoms with van der Waals surface area (Å²) in [6.45, 7) is 6.00. The first-order chi connectivity index (χ1) is 7.30. The van der Waals surface area contributed by atoms with Crippen LogP contribution in [0.25, 0.3) is 0 Å². The average molecular weight is 230 g/mol. The first kappa shape index (κ1) is 12.9. The number of halogens is 3. The van der Waals surface area contributed by atoms with Crippen LogP contribution in [-0.2, 0) is 6.18 Å². The molecule has 1 atom stereocenters. The van der Waals surface area contributed by atoms with Gasteiger partial charge in [0.2, 0.25) is 0 Å². The molecule has 0 fully saturated rings. The lowest BCUT2D eigenvalue weighted by atomic mass is 10.1. The molecule has 1 aromatic rings. The molecule has 0 aliphatic heterocycles. The highest BCUT2D eigenvalue weighted by Gasteiger charge is 2.30. The van der Waals surface area contributed by atoms with Gasteiger partial charge in [0.25, 0.3) is 0 Å². The fourth-order valence-electron chi connectivity index (χ4n) is 1.12. The molecule has 4 heteroatoms. The largest absolute Gasteiger partial charge is 0.416 e. The van der Waals surface area contributed by atoms with Crippen molar-refractivity contribution in [2.45, 2.75) is 33.0 Å². The molecule has 1 rings (SSSR count). The van der Waals surface area contributed by atoms with Crippen LogP contribution in [0.15, 0.2) is 24.3 Å². The molecule has 0 saturated heterocycles. The second kappa shape index (κ2) is 4.76. The van der Waals surface area contributed by atoms with Crippen molar-refractivity contribution in [3.8, 4) is 0 Å². The maximum absolute atomic E-state index is 12.3. The first-order valence-corrected chi connectivity index (χ1v) is 5.19. The minimum Gasteiger partial charge on any atom is -0.282 e. The van der Waals surface area contributed by atoms with Gasteiger partial charge >= 0.3 is 6.18 Å². The van der Waals surface area contributed by atoms with Gasteiger partial charge in [0.05, 0.1) is 17.3 Å². The van der Waals surface area contributed by atoms with E-state index < -0.39 is 11.7 Å². The Morgan fingerprint density at radius 2 is 1.50 bits per heavy atom. The van der Waals surface area contributed by atoms with Crippen molar-refractivity contribution in [1.29, 1.82) is 0 Å². The van der Waals surface area contributed by atoms with Gasteiger partial charge in [-0.05, 0) is 37.1 Å². The Bertz CT molecular complexity index is 327. The summed E-state index contributed by atoms with van der Waals surface area (Å²) >= 11 is 0. The molecule has 1 unspecified atom stereocenters. The summed E-state index contributed by atoms with van der Waals surface area (Å²) in [5, 5.41) is 4.31. The van der Waals surface area contributed by atoms with Gasteiger partial charge < -0.3 is 0 Å². The van der Waals surface area contributed by atoms with Crippen LogP contribution in [0.5, 0.6) is 0 Å². The van der Waals surface area contributed by atoms with Gasteiger partial charge in [-0.1, -0.05) is 13.8 Å². The van der Waals surface area contributed by atoms with Crippen molar-refractivity contribution in [2.24, 2.45) is 5.92 Å². The van der Waals surface area contributed by atoms with Gasteiger partial charge in [-0.3, -0.25) is 5.32 Å². The molecule has 0 saturated carbocycles. The molecular weight excluding hydrogens is 215 g/mol. The Hall–Kier alpha value is -1.19. The van der Waals surface area contributed by atoms with E-state index >= 15 is 0 Å². The van der Waals surface area contributed by atoms with E-state index in [9.17, 15) is 13.2 Å². The van der Waals surface area contributed by atoms with E-state index in [1.807, 2.05) is 20.8 Å². The van der Waals surface area contributed by atoms with E-state index in [1.165, 1.54) is 12.1 Å². The van der Waals surface area contributed by atoms with Crippen LogP contribution in [0.4, 0.5) is 18.9 Å². The zero-order chi connectivity index (χ0) is 12.3. The fraction of sp³-hybridized carbons (Fsp3) is 0.500. The molecule has 1 nitrogen and oxygen atoms in total. The molecule has 1 radical (unpaired) electrons. The minimum absolute atomic E-state index is 0.108. The molecule has 16 heavy (non-hydrogen) atoms. The molecule has 0 N–H and O–H groups in total. The van der Waals surface area contributed by atoms with Crippen LogP contribution in [0.1, 0.15) is 26.3 Å². The highest BCUT2D eigenvalue weighted by atomic mass is 19.4. The predicted molar refractivity (Wildman–Crippen MR) is 57.5 cm³/mol. The normalized spacial score (nSPS) is 13.9. The van der Waals surface area contributed by atoms with Gasteiger partial charge in [-0.15, -0.1) is 0 Å². The van der Waals surface area contributed by atoms with Gasteiger partial charge in [0, 0.05) is 0 Å². The van der Waals surface area contributed by atoms with Crippen molar-refractivity contribution in [2.75, 3.05) is 0 Å². The zero-order valence-corrected chi connectivity index (χ0v) is 9.55. The van der Waals surface area contributed by atoms with Crippen molar-refractivity contribution < 1.29 is 13.2 Å². The topological polar surface area (TPSA) is 14.1 Å². The third kappa shape index (κ3) is 3.43. The molecule has 0 aromatic heterocycles. The lowest BCUT2D eigenvalue weighted by Crippen LogP contribution is -2.20. The van der Waals surface area contributed by atoms with E-state index in [2.05, 4.69) is 5.32 Å². The highest BCUT2D eigenvalue weighted by Crippen LogP contribution is 2.30. The molecule has 0 heterocycles. The monoisotopic (exact) mass is 230 g/mol. The summed E-state index contributed by atoms with van der Waals surface area (Å²) in [6, 6.07) is 5.04. The van der Waals surface area contributed by atoms with Crippen LogP contribution in [0, 0.1) is 5.92 Å². The maximum atomic E-state index is 12.3. The number of alkyl halides is 3. The van der Waals surface area contributed by atoms with Crippen molar-refractivity contribution in [3.63, 3.8) is 0 Å². The summed E-state index contributed by atoms with van der Waals surface area (Å²) in [5.41, 5.74) is -0.0437. The van der Waals surface area contributed by atoms with Crippen LogP contribution in [0.2, 0.25) is 0 Å². The standard InChI is InChI=1S/C12H15F3N/c1-8(2)9(3)16-11-6-4-10(5-7-11)12(13,14)15/h4-9H,1-3H3. The highest BCUT2D eigenvalue weighted by molar-refractivity contribution is 5.39. The Morgan fingerprint density at radius 3 is 1.88 bits per heavy atom. The van der Waals surface area contributed by atoms with E-state index in [4.69, 9.17) is 0 Å². The Kier molecular flexibility index (Phi) is 3.83. The zero-order valence-electron chi connectivity index (χ0n) is 9.55. The molecule has 0 spiro atoms. The maximum Gasteiger partial charge on any atom is 0.416 e. The fourth-order valence-corrected chi connectivity index (χ4v) is 1.12. The number of hydrogen-bond donors (Lipinski definition) is 0. The van der Waals surface area contributed by atoms with E-state index in [0.29, 0.717) is 11.6 Å². The molecule has 89 valence electrons. The second-order valence-electron chi connectivity index (χ2n) is 4.16. The number of nitrogens with zero attached hydrogens (tertiary/aromatic N) is 1. The van der Waals surface area contributed by atoms with Crippen LogP contribution >= 0.6 is 0 Å². The van der Waals surface area contributed by atoms with Gasteiger partial charge in [0.1, 0.15) is 0 Å². The van der Waals surface area contributed by atoms with E-state index in [1.54, 1.807) is 0 Å². The molecule has 0 aliphatic rings. The lowest BCUT2D eigenvalue weighted by molar-refractivity contribution is -0.137. The smallest absolute Gasteiger partial charge is 0.282 e. The number of hydrogen-bond acceptors (Lipinski definition) is 0. The average Bonchev–Trinajstić information content (AvgIpc) is 2.17. The van der Waals surface area contributed by atoms with Crippen LogP contribution in [-0.4, -0.2) is 6.04 Å². The van der Waals surface area contributed by atoms with Gasteiger partial charge in [-0.2, -0.15) is 13.2 Å². The second-order valence-corrected chi connectivity index (χ2v) is 4.16. The Labute approximate surface area is 93.7 Å².